The molecule has 1 fully saturated rings. The van der Waals surface area contributed by atoms with Gasteiger partial charge in [0, 0.05) is 32.7 Å². The summed E-state index contributed by atoms with van der Waals surface area (Å²) in [7, 11) is 0. The summed E-state index contributed by atoms with van der Waals surface area (Å²) in [6.45, 7) is 4.77. The first-order chi connectivity index (χ1) is 12.3. The zero-order chi connectivity index (χ0) is 17.1. The maximum atomic E-state index is 6.32. The molecule has 1 aliphatic rings. The molecule has 0 bridgehead atoms. The van der Waals surface area contributed by atoms with Crippen LogP contribution in [0, 0.1) is 0 Å². The number of anilines is 1. The Morgan fingerprint density at radius 3 is 2.36 bits per heavy atom. The molecule has 0 amide bonds. The summed E-state index contributed by atoms with van der Waals surface area (Å²) in [5.41, 5.74) is 3.28. The maximum Gasteiger partial charge on any atom is 0.0786 e. The van der Waals surface area contributed by atoms with E-state index >= 15 is 0 Å². The van der Waals surface area contributed by atoms with E-state index in [9.17, 15) is 0 Å². The van der Waals surface area contributed by atoms with Crippen LogP contribution in [0.15, 0.2) is 60.8 Å². The van der Waals surface area contributed by atoms with E-state index in [1.165, 1.54) is 0 Å². The zero-order valence-electron chi connectivity index (χ0n) is 13.9. The van der Waals surface area contributed by atoms with Gasteiger partial charge in [0.05, 0.1) is 28.3 Å². The molecule has 4 rings (SSSR count). The van der Waals surface area contributed by atoms with E-state index in [1.807, 2.05) is 59.4 Å². The first kappa shape index (κ1) is 16.1. The first-order valence-electron chi connectivity index (χ1n) is 8.48. The Labute approximate surface area is 152 Å². The standard InChI is InChI=1S/C19H20ClN5/c20-18-8-4-5-9-19(18)24-12-10-23(11-13-24)15-17-14-21-22-25(17)16-6-2-1-3-7-16/h1-9,14H,10-13,15H2. The molecule has 1 aliphatic heterocycles. The Balaban J connectivity index is 1.42. The second-order valence-electron chi connectivity index (χ2n) is 6.19. The molecule has 0 saturated carbocycles. The molecular weight excluding hydrogens is 334 g/mol. The van der Waals surface area contributed by atoms with Gasteiger partial charge in [-0.15, -0.1) is 5.10 Å². The van der Waals surface area contributed by atoms with Gasteiger partial charge in [0.15, 0.2) is 0 Å². The Hall–Kier alpha value is -2.37. The first-order valence-corrected chi connectivity index (χ1v) is 8.86. The fourth-order valence-electron chi connectivity index (χ4n) is 3.23. The Kier molecular flexibility index (Phi) is 4.68. The van der Waals surface area contributed by atoms with Crippen molar-refractivity contribution in [3.8, 4) is 5.69 Å². The van der Waals surface area contributed by atoms with Crippen molar-refractivity contribution in [3.05, 3.63) is 71.5 Å². The van der Waals surface area contributed by atoms with E-state index in [0.717, 1.165) is 54.8 Å². The Morgan fingerprint density at radius 2 is 1.60 bits per heavy atom. The van der Waals surface area contributed by atoms with Gasteiger partial charge in [-0.3, -0.25) is 4.90 Å². The maximum absolute atomic E-state index is 6.32. The predicted octanol–water partition coefficient (Wildman–Crippen LogP) is 3.24. The molecule has 128 valence electrons. The van der Waals surface area contributed by atoms with Crippen LogP contribution in [0.3, 0.4) is 0 Å². The van der Waals surface area contributed by atoms with E-state index in [4.69, 9.17) is 11.6 Å². The smallest absolute Gasteiger partial charge is 0.0786 e. The average molecular weight is 354 g/mol. The third kappa shape index (κ3) is 3.52. The third-order valence-corrected chi connectivity index (χ3v) is 4.89. The van der Waals surface area contributed by atoms with Crippen LogP contribution < -0.4 is 4.90 Å². The monoisotopic (exact) mass is 353 g/mol. The molecule has 2 aromatic carbocycles. The summed E-state index contributed by atoms with van der Waals surface area (Å²) in [5, 5.41) is 9.16. The number of para-hydroxylation sites is 2. The Bertz CT molecular complexity index is 825. The highest BCUT2D eigenvalue weighted by atomic mass is 35.5. The summed E-state index contributed by atoms with van der Waals surface area (Å²) in [6, 6.07) is 18.2. The minimum atomic E-state index is 0.822. The third-order valence-electron chi connectivity index (χ3n) is 4.57. The number of piperazine rings is 1. The van der Waals surface area contributed by atoms with Crippen molar-refractivity contribution in [2.75, 3.05) is 31.1 Å². The molecule has 0 unspecified atom stereocenters. The van der Waals surface area contributed by atoms with Crippen LogP contribution in [0.2, 0.25) is 5.02 Å². The van der Waals surface area contributed by atoms with Crippen LogP contribution >= 0.6 is 11.6 Å². The molecule has 6 heteroatoms. The molecule has 0 N–H and O–H groups in total. The van der Waals surface area contributed by atoms with Gasteiger partial charge in [0.1, 0.15) is 0 Å². The highest BCUT2D eigenvalue weighted by Crippen LogP contribution is 2.26. The lowest BCUT2D eigenvalue weighted by Crippen LogP contribution is -2.46. The quantitative estimate of drug-likeness (QED) is 0.721. The van der Waals surface area contributed by atoms with Gasteiger partial charge in [-0.2, -0.15) is 0 Å². The number of hydrogen-bond donors (Lipinski definition) is 0. The molecule has 2 heterocycles. The van der Waals surface area contributed by atoms with Crippen molar-refractivity contribution in [2.24, 2.45) is 0 Å². The van der Waals surface area contributed by atoms with Crippen molar-refractivity contribution in [1.82, 2.24) is 19.9 Å². The second kappa shape index (κ2) is 7.25. The molecule has 25 heavy (non-hydrogen) atoms. The van der Waals surface area contributed by atoms with Crippen LogP contribution in [0.5, 0.6) is 0 Å². The molecule has 0 atom stereocenters. The van der Waals surface area contributed by atoms with Crippen LogP contribution in [0.4, 0.5) is 5.69 Å². The highest BCUT2D eigenvalue weighted by molar-refractivity contribution is 6.33. The minimum absolute atomic E-state index is 0.822. The largest absolute Gasteiger partial charge is 0.368 e. The number of halogens is 1. The fourth-order valence-corrected chi connectivity index (χ4v) is 3.49. The molecule has 0 spiro atoms. The lowest BCUT2D eigenvalue weighted by atomic mass is 10.2. The normalized spacial score (nSPS) is 15.5. The molecule has 0 radical (unpaired) electrons. The molecule has 3 aromatic rings. The fraction of sp³-hybridized carbons (Fsp3) is 0.263. The number of nitrogens with zero attached hydrogens (tertiary/aromatic N) is 5. The van der Waals surface area contributed by atoms with Gasteiger partial charge in [-0.25, -0.2) is 4.68 Å². The lowest BCUT2D eigenvalue weighted by molar-refractivity contribution is 0.245. The van der Waals surface area contributed by atoms with Gasteiger partial charge in [0.25, 0.3) is 0 Å². The summed E-state index contributed by atoms with van der Waals surface area (Å²) in [6.07, 6.45) is 1.85. The summed E-state index contributed by atoms with van der Waals surface area (Å²) < 4.78 is 1.92. The molecule has 1 aromatic heterocycles. The van der Waals surface area contributed by atoms with Crippen molar-refractivity contribution in [1.29, 1.82) is 0 Å². The van der Waals surface area contributed by atoms with Crippen molar-refractivity contribution in [3.63, 3.8) is 0 Å². The van der Waals surface area contributed by atoms with Crippen molar-refractivity contribution in [2.45, 2.75) is 6.54 Å². The van der Waals surface area contributed by atoms with Crippen molar-refractivity contribution >= 4 is 17.3 Å². The summed E-state index contributed by atoms with van der Waals surface area (Å²) in [5.74, 6) is 0. The predicted molar refractivity (Wildman–Crippen MR) is 100 cm³/mol. The van der Waals surface area contributed by atoms with E-state index in [-0.39, 0.29) is 0 Å². The van der Waals surface area contributed by atoms with E-state index in [2.05, 4.69) is 26.2 Å². The van der Waals surface area contributed by atoms with Crippen LogP contribution in [0.25, 0.3) is 5.69 Å². The summed E-state index contributed by atoms with van der Waals surface area (Å²) >= 11 is 6.32. The van der Waals surface area contributed by atoms with Crippen molar-refractivity contribution < 1.29 is 0 Å². The van der Waals surface area contributed by atoms with Crippen LogP contribution in [-0.4, -0.2) is 46.1 Å². The van der Waals surface area contributed by atoms with Crippen LogP contribution in [-0.2, 0) is 6.54 Å². The van der Waals surface area contributed by atoms with Gasteiger partial charge >= 0.3 is 0 Å². The zero-order valence-corrected chi connectivity index (χ0v) is 14.7. The topological polar surface area (TPSA) is 37.2 Å². The van der Waals surface area contributed by atoms with Gasteiger partial charge in [-0.05, 0) is 24.3 Å². The van der Waals surface area contributed by atoms with Crippen LogP contribution in [0.1, 0.15) is 5.69 Å². The number of rotatable bonds is 4. The van der Waals surface area contributed by atoms with E-state index in [1.54, 1.807) is 0 Å². The molecule has 1 saturated heterocycles. The van der Waals surface area contributed by atoms with E-state index < -0.39 is 0 Å². The number of aromatic nitrogens is 3. The highest BCUT2D eigenvalue weighted by Gasteiger charge is 2.20. The molecular formula is C19H20ClN5. The molecule has 5 nitrogen and oxygen atoms in total. The van der Waals surface area contributed by atoms with E-state index in [0.29, 0.717) is 0 Å². The number of benzene rings is 2. The molecule has 0 aliphatic carbocycles. The van der Waals surface area contributed by atoms with Gasteiger partial charge < -0.3 is 4.90 Å². The Morgan fingerprint density at radius 1 is 0.880 bits per heavy atom. The van der Waals surface area contributed by atoms with Gasteiger partial charge in [0.2, 0.25) is 0 Å². The average Bonchev–Trinajstić information content (AvgIpc) is 3.12. The number of hydrogen-bond acceptors (Lipinski definition) is 4. The van der Waals surface area contributed by atoms with Gasteiger partial charge in [-0.1, -0.05) is 47.1 Å². The second-order valence-corrected chi connectivity index (χ2v) is 6.59. The summed E-state index contributed by atoms with van der Waals surface area (Å²) in [4.78, 5) is 4.79. The minimum Gasteiger partial charge on any atom is -0.368 e. The SMILES string of the molecule is Clc1ccccc1N1CCN(Cc2cnnn2-c2ccccc2)CC1. The lowest BCUT2D eigenvalue weighted by Gasteiger charge is -2.36.